The first-order chi connectivity index (χ1) is 17.9. The summed E-state index contributed by atoms with van der Waals surface area (Å²) in [5.74, 6) is -2.56. The quantitative estimate of drug-likeness (QED) is 0.328. The number of ether oxygens (including phenoxy) is 1. The van der Waals surface area contributed by atoms with Crippen LogP contribution in [0.15, 0.2) is 12.4 Å². The van der Waals surface area contributed by atoms with Gasteiger partial charge < -0.3 is 9.84 Å². The van der Waals surface area contributed by atoms with Crippen molar-refractivity contribution in [3.8, 4) is 0 Å². The fraction of sp³-hybridized carbons (Fsp3) is 0.667. The second-order valence-corrected chi connectivity index (χ2v) is 9.31. The third kappa shape index (κ3) is 6.87. The summed E-state index contributed by atoms with van der Waals surface area (Å²) >= 11 is 0. The molecular weight excluding hydrogens is 522 g/mol. The van der Waals surface area contributed by atoms with Crippen molar-refractivity contribution in [1.29, 1.82) is 0 Å². The molecule has 38 heavy (non-hydrogen) atoms. The molecule has 0 aliphatic heterocycles. The topological polar surface area (TPSA) is 99.2 Å². The maximum Gasteiger partial charge on any atom is 0.433 e. The number of carboxylic acid groups (broad SMARTS) is 1. The summed E-state index contributed by atoms with van der Waals surface area (Å²) in [6, 6.07) is -0.632. The Morgan fingerprint density at radius 1 is 0.816 bits per heavy atom. The first-order valence-corrected chi connectivity index (χ1v) is 12.6. The highest BCUT2D eigenvalue weighted by Gasteiger charge is 2.43. The zero-order valence-electron chi connectivity index (χ0n) is 20.8. The largest absolute Gasteiger partial charge is 0.478 e. The minimum Gasteiger partial charge on any atom is -0.478 e. The van der Waals surface area contributed by atoms with E-state index in [2.05, 4.69) is 14.9 Å². The number of carbonyl (C=O) groups is 2. The fourth-order valence-electron chi connectivity index (χ4n) is 5.01. The molecule has 2 aliphatic rings. The van der Waals surface area contributed by atoms with E-state index in [9.17, 15) is 35.9 Å². The molecule has 0 amide bonds. The molecule has 2 aromatic rings. The number of rotatable bonds is 5. The van der Waals surface area contributed by atoms with E-state index in [1.165, 1.54) is 0 Å². The molecule has 212 valence electrons. The molecule has 2 aromatic heterocycles. The van der Waals surface area contributed by atoms with Gasteiger partial charge in [-0.05, 0) is 32.6 Å². The molecule has 0 spiro atoms. The number of alkyl halides is 6. The van der Waals surface area contributed by atoms with Gasteiger partial charge in [0.25, 0.3) is 0 Å². The van der Waals surface area contributed by atoms with E-state index < -0.39 is 46.8 Å². The Hall–Kier alpha value is -3.06. The van der Waals surface area contributed by atoms with Crippen LogP contribution in [0.1, 0.15) is 115 Å². The number of hydrogen-bond donors (Lipinski definition) is 1. The lowest BCUT2D eigenvalue weighted by Gasteiger charge is -2.24. The molecular formula is C24H30F6N4O4. The van der Waals surface area contributed by atoms with E-state index in [1.54, 1.807) is 6.92 Å². The first-order valence-electron chi connectivity index (χ1n) is 12.6. The molecule has 0 atom stereocenters. The third-order valence-electron chi connectivity index (χ3n) is 6.69. The first kappa shape index (κ1) is 29.5. The van der Waals surface area contributed by atoms with Gasteiger partial charge in [0, 0.05) is 0 Å². The van der Waals surface area contributed by atoms with E-state index in [1.807, 2.05) is 0 Å². The van der Waals surface area contributed by atoms with E-state index in [4.69, 9.17) is 5.11 Å². The van der Waals surface area contributed by atoms with Gasteiger partial charge >= 0.3 is 24.3 Å². The highest BCUT2D eigenvalue weighted by atomic mass is 19.4. The van der Waals surface area contributed by atoms with Crippen LogP contribution >= 0.6 is 0 Å². The zero-order valence-corrected chi connectivity index (χ0v) is 20.8. The maximum atomic E-state index is 13.2. The summed E-state index contributed by atoms with van der Waals surface area (Å²) in [7, 11) is 0. The van der Waals surface area contributed by atoms with Crippen LogP contribution in [-0.4, -0.2) is 43.2 Å². The molecule has 0 saturated heterocycles. The summed E-state index contributed by atoms with van der Waals surface area (Å²) in [6.45, 7) is 1.58. The van der Waals surface area contributed by atoms with Gasteiger partial charge in [0.15, 0.2) is 11.4 Å². The Morgan fingerprint density at radius 2 is 1.21 bits per heavy atom. The van der Waals surface area contributed by atoms with Crippen LogP contribution in [0.5, 0.6) is 0 Å². The summed E-state index contributed by atoms with van der Waals surface area (Å²) in [4.78, 5) is 22.4. The molecule has 0 radical (unpaired) electrons. The fourth-order valence-corrected chi connectivity index (χ4v) is 5.01. The molecule has 4 rings (SSSR count). The van der Waals surface area contributed by atoms with Crippen molar-refractivity contribution in [2.75, 3.05) is 6.61 Å². The van der Waals surface area contributed by atoms with Gasteiger partial charge in [0.1, 0.15) is 11.1 Å². The molecule has 2 heterocycles. The van der Waals surface area contributed by atoms with Crippen molar-refractivity contribution in [2.24, 2.45) is 0 Å². The summed E-state index contributed by atoms with van der Waals surface area (Å²) in [5, 5.41) is 16.2. The molecule has 2 aliphatic carbocycles. The summed E-state index contributed by atoms with van der Waals surface area (Å²) in [6.07, 6.45) is 0.511. The monoisotopic (exact) mass is 552 g/mol. The van der Waals surface area contributed by atoms with Crippen LogP contribution in [0.4, 0.5) is 26.3 Å². The number of carbonyl (C=O) groups excluding carboxylic acids is 1. The van der Waals surface area contributed by atoms with Crippen LogP contribution in [0, 0.1) is 0 Å². The molecule has 0 aromatic carbocycles. The van der Waals surface area contributed by atoms with Gasteiger partial charge in [-0.1, -0.05) is 38.5 Å². The highest BCUT2D eigenvalue weighted by Crippen LogP contribution is 2.38. The van der Waals surface area contributed by atoms with Crippen LogP contribution in [0.25, 0.3) is 0 Å². The zero-order chi connectivity index (χ0) is 28.1. The van der Waals surface area contributed by atoms with Crippen LogP contribution in [-0.2, 0) is 17.1 Å². The predicted molar refractivity (Wildman–Crippen MR) is 122 cm³/mol. The standard InChI is InChI=1S/C13H17F3N2O2.C11H13F3N2O2/c1-2-20-12(19)10-8-17-18(11(10)13(14,15)16)9-6-4-3-5-7-9;12-11(13,14)9-8(10(17)18)6-15-16(9)7-4-2-1-3-5-7/h8-9H,2-7H2,1H3;6-7H,1-5H2,(H,17,18). The van der Waals surface area contributed by atoms with Crippen molar-refractivity contribution < 1.29 is 45.8 Å². The smallest absolute Gasteiger partial charge is 0.433 e. The van der Waals surface area contributed by atoms with Crippen molar-refractivity contribution in [1.82, 2.24) is 19.6 Å². The van der Waals surface area contributed by atoms with Crippen molar-refractivity contribution in [3.63, 3.8) is 0 Å². The van der Waals surface area contributed by atoms with Gasteiger partial charge in [-0.3, -0.25) is 9.36 Å². The van der Waals surface area contributed by atoms with E-state index >= 15 is 0 Å². The maximum absolute atomic E-state index is 13.2. The number of carboxylic acids is 1. The Labute approximate surface area is 214 Å². The lowest BCUT2D eigenvalue weighted by molar-refractivity contribution is -0.146. The molecule has 14 heteroatoms. The van der Waals surface area contributed by atoms with E-state index in [0.29, 0.717) is 25.7 Å². The van der Waals surface area contributed by atoms with Crippen molar-refractivity contribution in [3.05, 3.63) is 34.9 Å². The lowest BCUT2D eigenvalue weighted by Crippen LogP contribution is -2.23. The highest BCUT2D eigenvalue weighted by molar-refractivity contribution is 5.90. The Balaban J connectivity index is 0.000000212. The molecule has 8 nitrogen and oxygen atoms in total. The Morgan fingerprint density at radius 3 is 1.58 bits per heavy atom. The number of halogens is 6. The van der Waals surface area contributed by atoms with Gasteiger partial charge in [0.05, 0.1) is 31.1 Å². The van der Waals surface area contributed by atoms with Crippen molar-refractivity contribution in [2.45, 2.75) is 95.6 Å². The van der Waals surface area contributed by atoms with Crippen LogP contribution in [0.3, 0.4) is 0 Å². The predicted octanol–water partition coefficient (Wildman–Crippen LogP) is 6.69. The third-order valence-corrected chi connectivity index (χ3v) is 6.69. The van der Waals surface area contributed by atoms with Gasteiger partial charge in [-0.15, -0.1) is 0 Å². The van der Waals surface area contributed by atoms with Crippen molar-refractivity contribution >= 4 is 11.9 Å². The minimum absolute atomic E-state index is 0.0325. The van der Waals surface area contributed by atoms with E-state index in [0.717, 1.165) is 60.3 Å². The normalized spacial score (nSPS) is 17.6. The Bertz CT molecular complexity index is 1100. The molecule has 2 saturated carbocycles. The van der Waals surface area contributed by atoms with Gasteiger partial charge in [0.2, 0.25) is 0 Å². The minimum atomic E-state index is -4.69. The molecule has 2 fully saturated rings. The lowest BCUT2D eigenvalue weighted by atomic mass is 9.95. The van der Waals surface area contributed by atoms with Gasteiger partial charge in [-0.2, -0.15) is 36.5 Å². The average molecular weight is 553 g/mol. The number of aromatic carboxylic acids is 1. The molecule has 0 unspecified atom stereocenters. The number of aromatic nitrogens is 4. The van der Waals surface area contributed by atoms with E-state index in [-0.39, 0.29) is 18.7 Å². The second-order valence-electron chi connectivity index (χ2n) is 9.31. The summed E-state index contributed by atoms with van der Waals surface area (Å²) in [5.41, 5.74) is -3.39. The number of esters is 1. The summed E-state index contributed by atoms with van der Waals surface area (Å²) < 4.78 is 85.0. The number of hydrogen-bond acceptors (Lipinski definition) is 5. The Kier molecular flexibility index (Phi) is 9.47. The van der Waals surface area contributed by atoms with Crippen LogP contribution in [0.2, 0.25) is 0 Å². The SMILES string of the molecule is CCOC(=O)c1cnn(C2CCCCC2)c1C(F)(F)F.O=C(O)c1cnn(C2CCCCC2)c1C(F)(F)F. The molecule has 0 bridgehead atoms. The second kappa shape index (κ2) is 12.2. The molecule has 1 N–H and O–H groups in total. The van der Waals surface area contributed by atoms with Gasteiger partial charge in [-0.25, -0.2) is 9.59 Å². The van der Waals surface area contributed by atoms with Crippen LogP contribution < -0.4 is 0 Å². The average Bonchev–Trinajstić information content (AvgIpc) is 3.51. The number of nitrogens with zero attached hydrogens (tertiary/aromatic N) is 4.